The molecule has 32 heavy (non-hydrogen) atoms. The Hall–Kier alpha value is -2.63. The van der Waals surface area contributed by atoms with Crippen molar-refractivity contribution in [1.29, 1.82) is 0 Å². The highest BCUT2D eigenvalue weighted by Gasteiger charge is 2.35. The predicted octanol–water partition coefficient (Wildman–Crippen LogP) is 3.02. The Morgan fingerprint density at radius 3 is 2.72 bits per heavy atom. The largest absolute Gasteiger partial charge is 0.465 e. The average molecular weight is 498 g/mol. The quantitative estimate of drug-likeness (QED) is 0.520. The van der Waals surface area contributed by atoms with E-state index in [1.807, 2.05) is 13.1 Å². The third kappa shape index (κ3) is 4.32. The summed E-state index contributed by atoms with van der Waals surface area (Å²) in [6, 6.07) is -0.456. The van der Waals surface area contributed by atoms with Crippen molar-refractivity contribution in [2.24, 2.45) is 0 Å². The van der Waals surface area contributed by atoms with Crippen LogP contribution in [-0.4, -0.2) is 63.1 Å². The Morgan fingerprint density at radius 2 is 2.09 bits per heavy atom. The molecule has 4 rings (SSSR count). The number of thiazole rings is 1. The Labute approximate surface area is 197 Å². The zero-order chi connectivity index (χ0) is 23.0. The summed E-state index contributed by atoms with van der Waals surface area (Å²) in [6.45, 7) is 4.74. The molecule has 170 valence electrons. The van der Waals surface area contributed by atoms with Crippen molar-refractivity contribution in [3.63, 3.8) is 0 Å². The van der Waals surface area contributed by atoms with Crippen LogP contribution in [0.1, 0.15) is 44.0 Å². The van der Waals surface area contributed by atoms with Crippen LogP contribution in [0.5, 0.6) is 0 Å². The molecule has 3 aromatic rings. The Morgan fingerprint density at radius 1 is 1.31 bits per heavy atom. The molecule has 1 saturated heterocycles. The van der Waals surface area contributed by atoms with Crippen molar-refractivity contribution in [2.45, 2.75) is 32.4 Å². The second kappa shape index (κ2) is 9.08. The van der Waals surface area contributed by atoms with Crippen molar-refractivity contribution in [3.8, 4) is 0 Å². The summed E-state index contributed by atoms with van der Waals surface area (Å²) >= 11 is 13.6. The lowest BCUT2D eigenvalue weighted by molar-refractivity contribution is 0.0606. The number of nitrogens with zero attached hydrogens (tertiary/aromatic N) is 5. The number of aromatic nitrogens is 5. The third-order valence-corrected chi connectivity index (χ3v) is 7.28. The van der Waals surface area contributed by atoms with Gasteiger partial charge in [0.1, 0.15) is 10.6 Å². The number of rotatable bonds is 5. The van der Waals surface area contributed by atoms with Crippen LogP contribution < -0.4 is 10.2 Å². The van der Waals surface area contributed by atoms with Gasteiger partial charge < -0.3 is 19.9 Å². The highest BCUT2D eigenvalue weighted by Crippen LogP contribution is 2.32. The Kier molecular flexibility index (Phi) is 6.40. The smallest absolute Gasteiger partial charge is 0.349 e. The first-order valence-electron chi connectivity index (χ1n) is 9.80. The minimum absolute atomic E-state index is 0.199. The van der Waals surface area contributed by atoms with Crippen LogP contribution in [0, 0.1) is 13.8 Å². The maximum atomic E-state index is 12.9. The predicted molar refractivity (Wildman–Crippen MR) is 121 cm³/mol. The zero-order valence-corrected chi connectivity index (χ0v) is 19.9. The number of hydrogen-bond donors (Lipinski definition) is 2. The Balaban J connectivity index is 1.56. The van der Waals surface area contributed by atoms with Gasteiger partial charge in [0, 0.05) is 25.0 Å². The number of halogens is 2. The summed E-state index contributed by atoms with van der Waals surface area (Å²) in [5.41, 5.74) is 1.63. The van der Waals surface area contributed by atoms with Gasteiger partial charge in [0.15, 0.2) is 5.13 Å². The molecule has 0 radical (unpaired) electrons. The van der Waals surface area contributed by atoms with Crippen LogP contribution in [0.15, 0.2) is 12.4 Å². The van der Waals surface area contributed by atoms with Crippen LogP contribution >= 0.6 is 34.5 Å². The van der Waals surface area contributed by atoms with E-state index in [2.05, 4.69) is 30.5 Å². The van der Waals surface area contributed by atoms with Crippen LogP contribution in [0.25, 0.3) is 0 Å². The number of carbonyl (C=O) groups excluding carboxylic acids is 2. The van der Waals surface area contributed by atoms with Gasteiger partial charge in [-0.05, 0) is 20.3 Å². The number of H-pyrrole nitrogens is 1. The fourth-order valence-electron chi connectivity index (χ4n) is 3.64. The van der Waals surface area contributed by atoms with Crippen molar-refractivity contribution >= 4 is 51.5 Å². The summed E-state index contributed by atoms with van der Waals surface area (Å²) in [5.74, 6) is -0.761. The van der Waals surface area contributed by atoms with Gasteiger partial charge >= 0.3 is 5.97 Å². The molecule has 2 atom stereocenters. The molecule has 2 unspecified atom stereocenters. The second-order valence-corrected chi connectivity index (χ2v) is 9.24. The number of carbonyl (C=O) groups is 2. The summed E-state index contributed by atoms with van der Waals surface area (Å²) < 4.78 is 6.52. The summed E-state index contributed by atoms with van der Waals surface area (Å²) in [4.78, 5) is 34.5. The number of nitrogens with one attached hydrogen (secondary N) is 2. The van der Waals surface area contributed by atoms with E-state index >= 15 is 0 Å². The van der Waals surface area contributed by atoms with E-state index in [4.69, 9.17) is 27.9 Å². The van der Waals surface area contributed by atoms with Crippen molar-refractivity contribution < 1.29 is 14.3 Å². The number of anilines is 1. The number of aromatic amines is 1. The lowest BCUT2D eigenvalue weighted by atomic mass is 9.99. The number of esters is 1. The molecule has 1 aliphatic rings. The SMILES string of the molecule is COC(=O)c1cnc(N2CCC(NC(=O)c3[nH]c(C)c(Cl)c3Cl)C(n3cc(C)nn3)C2)s1. The van der Waals surface area contributed by atoms with Gasteiger partial charge in [-0.25, -0.2) is 14.5 Å². The monoisotopic (exact) mass is 497 g/mol. The van der Waals surface area contributed by atoms with E-state index in [0.29, 0.717) is 40.2 Å². The van der Waals surface area contributed by atoms with Gasteiger partial charge in [0.25, 0.3) is 5.91 Å². The number of aryl methyl sites for hydroxylation is 2. The lowest BCUT2D eigenvalue weighted by Gasteiger charge is -2.38. The van der Waals surface area contributed by atoms with Gasteiger partial charge in [-0.15, -0.1) is 5.10 Å². The molecule has 0 bridgehead atoms. The molecule has 4 heterocycles. The molecular weight excluding hydrogens is 477 g/mol. The lowest BCUT2D eigenvalue weighted by Crippen LogP contribution is -2.52. The van der Waals surface area contributed by atoms with Crippen LogP contribution in [-0.2, 0) is 4.74 Å². The minimum Gasteiger partial charge on any atom is -0.465 e. The molecule has 0 spiro atoms. The minimum atomic E-state index is -0.420. The molecule has 0 aliphatic carbocycles. The molecule has 13 heteroatoms. The van der Waals surface area contributed by atoms with E-state index in [1.54, 1.807) is 11.6 Å². The van der Waals surface area contributed by atoms with Crippen LogP contribution in [0.2, 0.25) is 10.0 Å². The second-order valence-electron chi connectivity index (χ2n) is 7.47. The first-order chi connectivity index (χ1) is 15.3. The van der Waals surface area contributed by atoms with E-state index in [1.165, 1.54) is 24.6 Å². The van der Waals surface area contributed by atoms with Gasteiger partial charge in [0.05, 0.1) is 41.1 Å². The maximum absolute atomic E-state index is 12.9. The molecular formula is C19H21Cl2N7O3S. The number of amides is 1. The van der Waals surface area contributed by atoms with Crippen LogP contribution in [0.4, 0.5) is 5.13 Å². The Bertz CT molecular complexity index is 1160. The molecule has 1 amide bonds. The highest BCUT2D eigenvalue weighted by atomic mass is 35.5. The standard InChI is InChI=1S/C19H21Cl2N7O3S/c1-9-7-28(26-25-9)12-8-27(19-22-6-13(32-19)18(30)31-3)5-4-11(12)24-17(29)16-15(21)14(20)10(2)23-16/h6-7,11-12,23H,4-5,8H2,1-3H3,(H,24,29). The van der Waals surface area contributed by atoms with Crippen LogP contribution in [0.3, 0.4) is 0 Å². The van der Waals surface area contributed by atoms with Crippen molar-refractivity contribution in [1.82, 2.24) is 30.3 Å². The molecule has 1 fully saturated rings. The van der Waals surface area contributed by atoms with Gasteiger partial charge in [-0.2, -0.15) is 0 Å². The van der Waals surface area contributed by atoms with E-state index < -0.39 is 5.97 Å². The average Bonchev–Trinajstić information content (AvgIpc) is 3.50. The number of methoxy groups -OCH3 is 1. The van der Waals surface area contributed by atoms with E-state index in [0.717, 1.165) is 5.69 Å². The number of piperidine rings is 1. The first-order valence-corrected chi connectivity index (χ1v) is 11.4. The first kappa shape index (κ1) is 22.6. The molecule has 10 nitrogen and oxygen atoms in total. The number of hydrogen-bond acceptors (Lipinski definition) is 8. The molecule has 0 saturated carbocycles. The van der Waals surface area contributed by atoms with E-state index in [9.17, 15) is 9.59 Å². The van der Waals surface area contributed by atoms with Gasteiger partial charge in [-0.1, -0.05) is 39.8 Å². The van der Waals surface area contributed by atoms with Crippen molar-refractivity contribution in [2.75, 3.05) is 25.1 Å². The fraction of sp³-hybridized carbons (Fsp3) is 0.421. The summed E-state index contributed by atoms with van der Waals surface area (Å²) in [6.07, 6.45) is 3.96. The fourth-order valence-corrected chi connectivity index (χ4v) is 4.93. The van der Waals surface area contributed by atoms with E-state index in [-0.39, 0.29) is 28.7 Å². The number of ether oxygens (including phenoxy) is 1. The van der Waals surface area contributed by atoms with Gasteiger partial charge in [0.2, 0.25) is 0 Å². The van der Waals surface area contributed by atoms with Crippen molar-refractivity contribution in [3.05, 3.63) is 44.4 Å². The van der Waals surface area contributed by atoms with Gasteiger partial charge in [-0.3, -0.25) is 4.79 Å². The molecule has 0 aromatic carbocycles. The zero-order valence-electron chi connectivity index (χ0n) is 17.6. The molecule has 1 aliphatic heterocycles. The summed E-state index contributed by atoms with van der Waals surface area (Å²) in [7, 11) is 1.34. The third-order valence-electron chi connectivity index (χ3n) is 5.29. The topological polar surface area (TPSA) is 118 Å². The highest BCUT2D eigenvalue weighted by molar-refractivity contribution is 7.17. The molecule has 2 N–H and O–H groups in total. The maximum Gasteiger partial charge on any atom is 0.349 e. The normalized spacial score (nSPS) is 18.6. The molecule has 3 aromatic heterocycles. The summed E-state index contributed by atoms with van der Waals surface area (Å²) in [5, 5.41) is 12.6.